The first-order chi connectivity index (χ1) is 10.1. The molecule has 1 aliphatic rings. The summed E-state index contributed by atoms with van der Waals surface area (Å²) in [4.78, 5) is 25.3. The van der Waals surface area contributed by atoms with Gasteiger partial charge in [0.2, 0.25) is 5.91 Å². The Labute approximate surface area is 128 Å². The average molecular weight is 306 g/mol. The van der Waals surface area contributed by atoms with Crippen LogP contribution in [0.15, 0.2) is 24.3 Å². The van der Waals surface area contributed by atoms with Crippen LogP contribution in [-0.2, 0) is 4.79 Å². The van der Waals surface area contributed by atoms with E-state index in [-0.39, 0.29) is 11.8 Å². The number of carbonyl (C=O) groups is 2. The van der Waals surface area contributed by atoms with Gasteiger partial charge in [-0.2, -0.15) is 0 Å². The molecule has 0 radical (unpaired) electrons. The zero-order valence-corrected chi connectivity index (χ0v) is 12.6. The van der Waals surface area contributed by atoms with Gasteiger partial charge in [0.1, 0.15) is 0 Å². The third-order valence-electron chi connectivity index (χ3n) is 3.14. The molecule has 21 heavy (non-hydrogen) atoms. The van der Waals surface area contributed by atoms with Crippen molar-refractivity contribution < 1.29 is 9.59 Å². The first kappa shape index (κ1) is 15.2. The SMILES string of the molecule is CCNC(=S)NNC(=O)c1ccc(N2CCCC2=O)cc1. The molecule has 0 aliphatic carbocycles. The lowest BCUT2D eigenvalue weighted by atomic mass is 10.2. The van der Waals surface area contributed by atoms with E-state index < -0.39 is 0 Å². The molecule has 0 atom stereocenters. The molecule has 1 aliphatic heterocycles. The van der Waals surface area contributed by atoms with Crippen molar-refractivity contribution >= 4 is 34.8 Å². The van der Waals surface area contributed by atoms with Crippen LogP contribution in [0.25, 0.3) is 0 Å². The molecule has 112 valence electrons. The van der Waals surface area contributed by atoms with Gasteiger partial charge >= 0.3 is 0 Å². The standard InChI is InChI=1S/C14H18N4O2S/c1-2-15-14(21)17-16-13(20)10-5-7-11(8-6-10)18-9-3-4-12(18)19/h5-8H,2-4,9H2,1H3,(H,16,20)(H2,15,17,21). The summed E-state index contributed by atoms with van der Waals surface area (Å²) >= 11 is 4.95. The molecule has 0 bridgehead atoms. The number of hydrogen-bond donors (Lipinski definition) is 3. The van der Waals surface area contributed by atoms with Crippen molar-refractivity contribution in [3.63, 3.8) is 0 Å². The van der Waals surface area contributed by atoms with Gasteiger partial charge < -0.3 is 10.2 Å². The molecule has 0 spiro atoms. The molecule has 0 saturated carbocycles. The zero-order chi connectivity index (χ0) is 15.2. The molecule has 1 aromatic rings. The number of amides is 2. The minimum atomic E-state index is -0.283. The summed E-state index contributed by atoms with van der Waals surface area (Å²) in [5.74, 6) is -0.153. The number of benzene rings is 1. The Kier molecular flexibility index (Phi) is 5.10. The Morgan fingerprint density at radius 1 is 1.29 bits per heavy atom. The zero-order valence-electron chi connectivity index (χ0n) is 11.8. The summed E-state index contributed by atoms with van der Waals surface area (Å²) < 4.78 is 0. The normalized spacial score (nSPS) is 14.0. The summed E-state index contributed by atoms with van der Waals surface area (Å²) in [6.45, 7) is 3.33. The minimum Gasteiger partial charge on any atom is -0.362 e. The monoisotopic (exact) mass is 306 g/mol. The van der Waals surface area contributed by atoms with Crippen LogP contribution in [0.5, 0.6) is 0 Å². The number of carbonyl (C=O) groups excluding carboxylic acids is 2. The molecule has 0 aromatic heterocycles. The van der Waals surface area contributed by atoms with E-state index in [1.165, 1.54) is 0 Å². The van der Waals surface area contributed by atoms with Crippen molar-refractivity contribution in [2.45, 2.75) is 19.8 Å². The van der Waals surface area contributed by atoms with E-state index in [1.807, 2.05) is 6.92 Å². The third-order valence-corrected chi connectivity index (χ3v) is 3.39. The van der Waals surface area contributed by atoms with Crippen LogP contribution < -0.4 is 21.1 Å². The number of thiocarbonyl (C=S) groups is 1. The van der Waals surface area contributed by atoms with E-state index in [9.17, 15) is 9.59 Å². The fraction of sp³-hybridized carbons (Fsp3) is 0.357. The Balaban J connectivity index is 1.93. The van der Waals surface area contributed by atoms with Gasteiger partial charge in [0.05, 0.1) is 0 Å². The lowest BCUT2D eigenvalue weighted by molar-refractivity contribution is -0.117. The molecule has 1 heterocycles. The second-order valence-corrected chi connectivity index (χ2v) is 5.04. The maximum atomic E-state index is 11.9. The fourth-order valence-corrected chi connectivity index (χ4v) is 2.30. The maximum Gasteiger partial charge on any atom is 0.269 e. The number of hydrogen-bond acceptors (Lipinski definition) is 3. The van der Waals surface area contributed by atoms with Crippen LogP contribution in [-0.4, -0.2) is 30.0 Å². The number of nitrogens with one attached hydrogen (secondary N) is 3. The molecule has 1 fully saturated rings. The van der Waals surface area contributed by atoms with Crippen molar-refractivity contribution in [1.82, 2.24) is 16.2 Å². The van der Waals surface area contributed by atoms with E-state index in [0.29, 0.717) is 23.6 Å². The van der Waals surface area contributed by atoms with Crippen LogP contribution in [0.1, 0.15) is 30.1 Å². The van der Waals surface area contributed by atoms with Crippen LogP contribution in [0.3, 0.4) is 0 Å². The number of nitrogens with zero attached hydrogens (tertiary/aromatic N) is 1. The lowest BCUT2D eigenvalue weighted by Gasteiger charge is -2.16. The van der Waals surface area contributed by atoms with E-state index in [1.54, 1.807) is 29.2 Å². The third kappa shape index (κ3) is 3.91. The van der Waals surface area contributed by atoms with Gasteiger partial charge in [-0.3, -0.25) is 20.4 Å². The molecule has 6 nitrogen and oxygen atoms in total. The van der Waals surface area contributed by atoms with Gasteiger partial charge in [-0.15, -0.1) is 0 Å². The van der Waals surface area contributed by atoms with Crippen LogP contribution in [0, 0.1) is 0 Å². The van der Waals surface area contributed by atoms with Gasteiger partial charge in [-0.25, -0.2) is 0 Å². The molecular formula is C14H18N4O2S. The highest BCUT2D eigenvalue weighted by Crippen LogP contribution is 2.21. The Bertz CT molecular complexity index is 544. The van der Waals surface area contributed by atoms with Crippen molar-refractivity contribution in [3.8, 4) is 0 Å². The van der Waals surface area contributed by atoms with Crippen molar-refractivity contribution in [1.29, 1.82) is 0 Å². The predicted octanol–water partition coefficient (Wildman–Crippen LogP) is 0.942. The lowest BCUT2D eigenvalue weighted by Crippen LogP contribution is -2.46. The molecule has 2 amide bonds. The first-order valence-electron chi connectivity index (χ1n) is 6.86. The Morgan fingerprint density at radius 3 is 2.57 bits per heavy atom. The quantitative estimate of drug-likeness (QED) is 0.572. The highest BCUT2D eigenvalue weighted by molar-refractivity contribution is 7.80. The number of hydrazine groups is 1. The topological polar surface area (TPSA) is 73.5 Å². The number of anilines is 1. The van der Waals surface area contributed by atoms with E-state index >= 15 is 0 Å². The maximum absolute atomic E-state index is 11.9. The summed E-state index contributed by atoms with van der Waals surface area (Å²) in [5, 5.41) is 3.23. The average Bonchev–Trinajstić information content (AvgIpc) is 2.91. The molecule has 7 heteroatoms. The second-order valence-electron chi connectivity index (χ2n) is 4.63. The smallest absolute Gasteiger partial charge is 0.269 e. The minimum absolute atomic E-state index is 0.129. The summed E-state index contributed by atoms with van der Waals surface area (Å²) in [6, 6.07) is 6.93. The van der Waals surface area contributed by atoms with Crippen LogP contribution in [0.2, 0.25) is 0 Å². The van der Waals surface area contributed by atoms with Crippen molar-refractivity contribution in [2.75, 3.05) is 18.0 Å². The Hall–Kier alpha value is -2.15. The molecule has 1 saturated heterocycles. The van der Waals surface area contributed by atoms with E-state index in [4.69, 9.17) is 12.2 Å². The first-order valence-corrected chi connectivity index (χ1v) is 7.27. The summed E-state index contributed by atoms with van der Waals surface area (Å²) in [7, 11) is 0. The predicted molar refractivity (Wildman–Crippen MR) is 84.9 cm³/mol. The van der Waals surface area contributed by atoms with Gasteiger partial charge in [-0.1, -0.05) is 0 Å². The highest BCUT2D eigenvalue weighted by Gasteiger charge is 2.21. The largest absolute Gasteiger partial charge is 0.362 e. The van der Waals surface area contributed by atoms with Gasteiger partial charge in [0, 0.05) is 30.8 Å². The highest BCUT2D eigenvalue weighted by atomic mass is 32.1. The van der Waals surface area contributed by atoms with Gasteiger partial charge in [0.15, 0.2) is 5.11 Å². The molecular weight excluding hydrogens is 288 g/mol. The number of rotatable bonds is 3. The van der Waals surface area contributed by atoms with Gasteiger partial charge in [0.25, 0.3) is 5.91 Å². The van der Waals surface area contributed by atoms with E-state index in [2.05, 4.69) is 16.2 Å². The second kappa shape index (κ2) is 7.03. The van der Waals surface area contributed by atoms with Gasteiger partial charge in [-0.05, 0) is 49.8 Å². The molecule has 2 rings (SSSR count). The van der Waals surface area contributed by atoms with Crippen LogP contribution >= 0.6 is 12.2 Å². The Morgan fingerprint density at radius 2 is 2.00 bits per heavy atom. The molecule has 3 N–H and O–H groups in total. The van der Waals surface area contributed by atoms with Crippen molar-refractivity contribution in [3.05, 3.63) is 29.8 Å². The van der Waals surface area contributed by atoms with E-state index in [0.717, 1.165) is 18.7 Å². The van der Waals surface area contributed by atoms with Crippen LogP contribution in [0.4, 0.5) is 5.69 Å². The molecule has 0 unspecified atom stereocenters. The fourth-order valence-electron chi connectivity index (χ4n) is 2.10. The summed E-state index contributed by atoms with van der Waals surface area (Å²) in [6.07, 6.45) is 1.47. The molecule has 1 aromatic carbocycles. The van der Waals surface area contributed by atoms with Crippen molar-refractivity contribution in [2.24, 2.45) is 0 Å². The summed E-state index contributed by atoms with van der Waals surface area (Å²) in [5.41, 5.74) is 6.44.